The van der Waals surface area contributed by atoms with Gasteiger partial charge in [0.2, 0.25) is 5.91 Å². The summed E-state index contributed by atoms with van der Waals surface area (Å²) in [5, 5.41) is 3.71. The molecule has 2 aromatic carbocycles. The van der Waals surface area contributed by atoms with Gasteiger partial charge in [0.25, 0.3) is 5.91 Å². The number of hydrogen-bond acceptors (Lipinski definition) is 2. The summed E-state index contributed by atoms with van der Waals surface area (Å²) in [5.41, 5.74) is 2.90. The van der Waals surface area contributed by atoms with Crippen molar-refractivity contribution < 1.29 is 9.59 Å². The number of nitrogens with one attached hydrogen (secondary N) is 1. The van der Waals surface area contributed by atoms with E-state index in [1.54, 1.807) is 6.07 Å². The fourth-order valence-corrected chi connectivity index (χ4v) is 4.09. The van der Waals surface area contributed by atoms with E-state index < -0.39 is 6.04 Å². The third kappa shape index (κ3) is 5.60. The molecule has 0 radical (unpaired) electrons. The highest BCUT2D eigenvalue weighted by Crippen LogP contribution is 2.29. The van der Waals surface area contributed by atoms with Crippen LogP contribution in [0.15, 0.2) is 48.5 Å². The third-order valence-corrected chi connectivity index (χ3v) is 5.86. The number of piperidine rings is 1. The number of carbonyl (C=O) groups is 2. The number of aryl methyl sites for hydroxylation is 1. The number of carbonyl (C=O) groups excluding carboxylic acids is 2. The molecule has 4 nitrogen and oxygen atoms in total. The molecule has 1 aliphatic rings. The number of hydrogen-bond donors (Lipinski definition) is 1. The molecule has 2 aromatic rings. The second kappa shape index (κ2) is 9.93. The number of nitrogens with zero attached hydrogens (tertiary/aromatic N) is 1. The van der Waals surface area contributed by atoms with Crippen molar-refractivity contribution in [2.45, 2.75) is 51.5 Å². The number of rotatable bonds is 6. The van der Waals surface area contributed by atoms with E-state index in [2.05, 4.69) is 17.4 Å². The molecule has 1 aliphatic heterocycles. The Morgan fingerprint density at radius 1 is 1.14 bits per heavy atom. The first kappa shape index (κ1) is 21.4. The van der Waals surface area contributed by atoms with E-state index in [0.717, 1.165) is 29.8 Å². The summed E-state index contributed by atoms with van der Waals surface area (Å²) in [6.45, 7) is 5.42. The molecule has 1 heterocycles. The van der Waals surface area contributed by atoms with Gasteiger partial charge in [-0.25, -0.2) is 0 Å². The van der Waals surface area contributed by atoms with Crippen LogP contribution in [-0.4, -0.2) is 35.8 Å². The van der Waals surface area contributed by atoms with Gasteiger partial charge in [-0.1, -0.05) is 54.8 Å². The van der Waals surface area contributed by atoms with Crippen LogP contribution in [0.5, 0.6) is 0 Å². The van der Waals surface area contributed by atoms with Crippen LogP contribution >= 0.6 is 11.6 Å². The van der Waals surface area contributed by atoms with Crippen LogP contribution in [0.2, 0.25) is 5.02 Å². The largest absolute Gasteiger partial charge is 0.341 e. The quantitative estimate of drug-likeness (QED) is 0.729. The summed E-state index contributed by atoms with van der Waals surface area (Å²) < 4.78 is 0. The lowest BCUT2D eigenvalue weighted by Gasteiger charge is -2.34. The molecular formula is C24H29ClN2O2. The smallest absolute Gasteiger partial charge is 0.251 e. The monoisotopic (exact) mass is 412 g/mol. The van der Waals surface area contributed by atoms with Crippen LogP contribution in [0.1, 0.15) is 60.0 Å². The fourth-order valence-electron chi connectivity index (χ4n) is 3.96. The molecule has 0 aliphatic carbocycles. The van der Waals surface area contributed by atoms with Crippen LogP contribution in [-0.2, 0) is 4.79 Å². The van der Waals surface area contributed by atoms with Crippen molar-refractivity contribution in [2.75, 3.05) is 13.1 Å². The zero-order chi connectivity index (χ0) is 20.8. The molecule has 0 aromatic heterocycles. The van der Waals surface area contributed by atoms with Gasteiger partial charge in [0, 0.05) is 23.7 Å². The Bertz CT molecular complexity index is 842. The lowest BCUT2D eigenvalue weighted by Crippen LogP contribution is -2.50. The first-order valence-corrected chi connectivity index (χ1v) is 10.8. The van der Waals surface area contributed by atoms with Gasteiger partial charge in [0.05, 0.1) is 0 Å². The molecule has 1 fully saturated rings. The summed E-state index contributed by atoms with van der Waals surface area (Å²) in [5.74, 6) is 0.293. The zero-order valence-corrected chi connectivity index (χ0v) is 17.9. The number of amides is 2. The minimum Gasteiger partial charge on any atom is -0.341 e. The number of halogens is 1. The van der Waals surface area contributed by atoms with Crippen LogP contribution < -0.4 is 5.32 Å². The van der Waals surface area contributed by atoms with Gasteiger partial charge >= 0.3 is 0 Å². The summed E-state index contributed by atoms with van der Waals surface area (Å²) >= 11 is 5.99. The predicted molar refractivity (Wildman–Crippen MR) is 117 cm³/mol. The summed E-state index contributed by atoms with van der Waals surface area (Å²) in [6.07, 6.45) is 3.34. The summed E-state index contributed by atoms with van der Waals surface area (Å²) in [4.78, 5) is 27.7. The Morgan fingerprint density at radius 2 is 1.83 bits per heavy atom. The first-order valence-electron chi connectivity index (χ1n) is 10.4. The SMILES string of the molecule is CCC[C@@H](NC(=O)c1cccc(C)c1)C(=O)N1CCC(c2ccc(Cl)cc2)CC1. The maximum atomic E-state index is 13.1. The van der Waals surface area contributed by atoms with Gasteiger partial charge in [-0.3, -0.25) is 9.59 Å². The highest BCUT2D eigenvalue weighted by molar-refractivity contribution is 6.30. The van der Waals surface area contributed by atoms with E-state index in [0.29, 0.717) is 31.0 Å². The van der Waals surface area contributed by atoms with Crippen molar-refractivity contribution in [3.05, 3.63) is 70.2 Å². The second-order valence-corrected chi connectivity index (χ2v) is 8.27. The summed E-state index contributed by atoms with van der Waals surface area (Å²) in [6, 6.07) is 15.0. The molecule has 1 saturated heterocycles. The van der Waals surface area contributed by atoms with Crippen molar-refractivity contribution in [3.63, 3.8) is 0 Å². The molecule has 1 atom stereocenters. The average Bonchev–Trinajstić information content (AvgIpc) is 2.73. The molecule has 3 rings (SSSR count). The first-order chi connectivity index (χ1) is 14.0. The van der Waals surface area contributed by atoms with Crippen LogP contribution in [0.3, 0.4) is 0 Å². The number of benzene rings is 2. The van der Waals surface area contributed by atoms with Gasteiger partial charge in [-0.05, 0) is 61.9 Å². The third-order valence-electron chi connectivity index (χ3n) is 5.61. The summed E-state index contributed by atoms with van der Waals surface area (Å²) in [7, 11) is 0. The molecule has 2 amide bonds. The van der Waals surface area contributed by atoms with E-state index in [1.165, 1.54) is 5.56 Å². The van der Waals surface area contributed by atoms with E-state index >= 15 is 0 Å². The maximum absolute atomic E-state index is 13.1. The van der Waals surface area contributed by atoms with Gasteiger partial charge in [0.15, 0.2) is 0 Å². The van der Waals surface area contributed by atoms with Gasteiger partial charge in [-0.2, -0.15) is 0 Å². The molecule has 29 heavy (non-hydrogen) atoms. The Morgan fingerprint density at radius 3 is 2.45 bits per heavy atom. The molecule has 0 saturated carbocycles. The minimum atomic E-state index is -0.472. The fraction of sp³-hybridized carbons (Fsp3) is 0.417. The standard InChI is InChI=1S/C24H29ClN2O2/c1-3-5-22(26-23(28)20-7-4-6-17(2)16-20)24(29)27-14-12-19(13-15-27)18-8-10-21(25)11-9-18/h4,6-11,16,19,22H,3,5,12-15H2,1-2H3,(H,26,28)/t22-/m1/s1. The molecule has 0 bridgehead atoms. The average molecular weight is 413 g/mol. The molecule has 154 valence electrons. The van der Waals surface area contributed by atoms with Crippen molar-refractivity contribution >= 4 is 23.4 Å². The van der Waals surface area contributed by atoms with Gasteiger partial charge in [-0.15, -0.1) is 0 Å². The Balaban J connectivity index is 1.60. The van der Waals surface area contributed by atoms with Crippen LogP contribution in [0, 0.1) is 6.92 Å². The van der Waals surface area contributed by atoms with E-state index in [1.807, 2.05) is 49.1 Å². The molecule has 0 unspecified atom stereocenters. The van der Waals surface area contributed by atoms with Crippen molar-refractivity contribution in [1.29, 1.82) is 0 Å². The Kier molecular flexibility index (Phi) is 7.32. The molecule has 0 spiro atoms. The van der Waals surface area contributed by atoms with E-state index in [-0.39, 0.29) is 11.8 Å². The zero-order valence-electron chi connectivity index (χ0n) is 17.2. The van der Waals surface area contributed by atoms with Crippen molar-refractivity contribution in [1.82, 2.24) is 10.2 Å². The lowest BCUT2D eigenvalue weighted by molar-refractivity contribution is -0.134. The molecule has 1 N–H and O–H groups in total. The van der Waals surface area contributed by atoms with Crippen molar-refractivity contribution in [3.8, 4) is 0 Å². The molecular weight excluding hydrogens is 384 g/mol. The normalized spacial score (nSPS) is 15.8. The number of likely N-dealkylation sites (tertiary alicyclic amines) is 1. The topological polar surface area (TPSA) is 49.4 Å². The predicted octanol–water partition coefficient (Wildman–Crippen LogP) is 4.95. The Labute approximate surface area is 178 Å². The van der Waals surface area contributed by atoms with Crippen LogP contribution in [0.4, 0.5) is 0 Å². The van der Waals surface area contributed by atoms with Gasteiger partial charge < -0.3 is 10.2 Å². The highest BCUT2D eigenvalue weighted by atomic mass is 35.5. The minimum absolute atomic E-state index is 0.0300. The maximum Gasteiger partial charge on any atom is 0.251 e. The van der Waals surface area contributed by atoms with Crippen LogP contribution in [0.25, 0.3) is 0 Å². The highest BCUT2D eigenvalue weighted by Gasteiger charge is 2.29. The Hall–Kier alpha value is -2.33. The van der Waals surface area contributed by atoms with E-state index in [9.17, 15) is 9.59 Å². The second-order valence-electron chi connectivity index (χ2n) is 7.84. The molecule has 5 heteroatoms. The van der Waals surface area contributed by atoms with E-state index in [4.69, 9.17) is 11.6 Å². The van der Waals surface area contributed by atoms with Crippen molar-refractivity contribution in [2.24, 2.45) is 0 Å². The van der Waals surface area contributed by atoms with Gasteiger partial charge in [0.1, 0.15) is 6.04 Å². The lowest BCUT2D eigenvalue weighted by atomic mass is 9.89.